The number of likely N-dealkylation sites (tertiary alicyclic amines) is 1. The summed E-state index contributed by atoms with van der Waals surface area (Å²) in [5.74, 6) is 0.0421. The van der Waals surface area contributed by atoms with Crippen LogP contribution in [0.25, 0.3) is 0 Å². The summed E-state index contributed by atoms with van der Waals surface area (Å²) in [6.45, 7) is 1.69. The summed E-state index contributed by atoms with van der Waals surface area (Å²) >= 11 is 0. The Labute approximate surface area is 119 Å². The monoisotopic (exact) mass is 300 g/mol. The van der Waals surface area contributed by atoms with Crippen molar-refractivity contribution in [2.75, 3.05) is 19.3 Å². The molecule has 0 unspecified atom stereocenters. The molecule has 0 saturated carbocycles. The lowest BCUT2D eigenvalue weighted by molar-refractivity contribution is -0.132. The molecule has 20 heavy (non-hydrogen) atoms. The summed E-state index contributed by atoms with van der Waals surface area (Å²) in [4.78, 5) is 13.8. The van der Waals surface area contributed by atoms with Gasteiger partial charge in [-0.25, -0.2) is 13.1 Å². The van der Waals surface area contributed by atoms with Gasteiger partial charge in [-0.3, -0.25) is 9.48 Å². The number of carbonyl (C=O) groups excluding carboxylic acids is 1. The predicted octanol–water partition coefficient (Wildman–Crippen LogP) is -0.187. The highest BCUT2D eigenvalue weighted by Gasteiger charge is 2.25. The van der Waals surface area contributed by atoms with Crippen molar-refractivity contribution in [3.8, 4) is 0 Å². The maximum atomic E-state index is 12.1. The molecule has 0 spiro atoms. The molecule has 1 aliphatic rings. The van der Waals surface area contributed by atoms with Crippen LogP contribution in [0.3, 0.4) is 0 Å². The molecule has 1 saturated heterocycles. The van der Waals surface area contributed by atoms with E-state index in [1.54, 1.807) is 15.8 Å². The van der Waals surface area contributed by atoms with Crippen LogP contribution in [-0.2, 0) is 21.4 Å². The van der Waals surface area contributed by atoms with Crippen molar-refractivity contribution in [3.05, 3.63) is 18.5 Å². The normalized spacial score (nSPS) is 20.1. The third-order valence-electron chi connectivity index (χ3n) is 3.27. The number of nitrogens with one attached hydrogen (secondary N) is 1. The van der Waals surface area contributed by atoms with E-state index in [0.29, 0.717) is 26.1 Å². The van der Waals surface area contributed by atoms with E-state index < -0.39 is 10.0 Å². The zero-order chi connectivity index (χ0) is 14.6. The standard InChI is InChI=1S/C12H20N4O3S/c1-20(18,19)14-11-4-2-7-15(10-11)12(17)5-9-16-8-3-6-13-16/h3,6,8,11,14H,2,4-5,7,9-10H2,1H3/t11-/m0/s1. The summed E-state index contributed by atoms with van der Waals surface area (Å²) in [5, 5.41) is 4.05. The minimum absolute atomic E-state index is 0.0421. The van der Waals surface area contributed by atoms with Crippen molar-refractivity contribution >= 4 is 15.9 Å². The number of hydrogen-bond donors (Lipinski definition) is 1. The number of hydrogen-bond acceptors (Lipinski definition) is 4. The van der Waals surface area contributed by atoms with Crippen LogP contribution < -0.4 is 4.72 Å². The van der Waals surface area contributed by atoms with E-state index in [1.165, 1.54) is 0 Å². The molecule has 1 fully saturated rings. The first-order valence-electron chi connectivity index (χ1n) is 6.66. The smallest absolute Gasteiger partial charge is 0.224 e. The van der Waals surface area contributed by atoms with E-state index >= 15 is 0 Å². The second kappa shape index (κ2) is 6.36. The minimum atomic E-state index is -3.22. The second-order valence-electron chi connectivity index (χ2n) is 5.09. The first-order chi connectivity index (χ1) is 9.44. The van der Waals surface area contributed by atoms with Crippen LogP contribution in [0, 0.1) is 0 Å². The highest BCUT2D eigenvalue weighted by Crippen LogP contribution is 2.12. The number of amides is 1. The van der Waals surface area contributed by atoms with E-state index in [1.807, 2.05) is 12.3 Å². The van der Waals surface area contributed by atoms with Crippen LogP contribution >= 0.6 is 0 Å². The fraction of sp³-hybridized carbons (Fsp3) is 0.667. The lowest BCUT2D eigenvalue weighted by Crippen LogP contribution is -2.49. The molecule has 8 heteroatoms. The van der Waals surface area contributed by atoms with Gasteiger partial charge in [-0.1, -0.05) is 0 Å². The Morgan fingerprint density at radius 3 is 2.95 bits per heavy atom. The van der Waals surface area contributed by atoms with Gasteiger partial charge in [0.05, 0.1) is 6.26 Å². The van der Waals surface area contributed by atoms with Crippen LogP contribution in [0.15, 0.2) is 18.5 Å². The number of rotatable bonds is 5. The first-order valence-corrected chi connectivity index (χ1v) is 8.56. The SMILES string of the molecule is CS(=O)(=O)N[C@H]1CCCN(C(=O)CCn2cccn2)C1. The Balaban J connectivity index is 1.83. The second-order valence-corrected chi connectivity index (χ2v) is 6.87. The summed E-state index contributed by atoms with van der Waals surface area (Å²) < 4.78 is 26.8. The van der Waals surface area contributed by atoms with Gasteiger partial charge < -0.3 is 4.90 Å². The maximum Gasteiger partial charge on any atom is 0.224 e. The van der Waals surface area contributed by atoms with Gasteiger partial charge in [0.25, 0.3) is 0 Å². The average molecular weight is 300 g/mol. The van der Waals surface area contributed by atoms with Crippen LogP contribution in [0.5, 0.6) is 0 Å². The molecule has 0 radical (unpaired) electrons. The first kappa shape index (κ1) is 15.0. The van der Waals surface area contributed by atoms with Gasteiger partial charge in [0.2, 0.25) is 15.9 Å². The van der Waals surface area contributed by atoms with Crippen LogP contribution in [0.4, 0.5) is 0 Å². The number of carbonyl (C=O) groups is 1. The molecule has 2 rings (SSSR count). The van der Waals surface area contributed by atoms with Gasteiger partial charge in [-0.2, -0.15) is 5.10 Å². The predicted molar refractivity (Wildman–Crippen MR) is 74.4 cm³/mol. The molecule has 2 heterocycles. The van der Waals surface area contributed by atoms with Gasteiger partial charge in [0.15, 0.2) is 0 Å². The fourth-order valence-corrected chi connectivity index (χ4v) is 3.20. The molecule has 112 valence electrons. The Morgan fingerprint density at radius 1 is 1.50 bits per heavy atom. The molecule has 1 aliphatic heterocycles. The third kappa shape index (κ3) is 4.61. The topological polar surface area (TPSA) is 84.3 Å². The van der Waals surface area contributed by atoms with Crippen molar-refractivity contribution in [3.63, 3.8) is 0 Å². The van der Waals surface area contributed by atoms with Crippen LogP contribution in [-0.4, -0.2) is 54.4 Å². The molecule has 0 aliphatic carbocycles. The largest absolute Gasteiger partial charge is 0.341 e. The quantitative estimate of drug-likeness (QED) is 0.817. The van der Waals surface area contributed by atoms with Gasteiger partial charge >= 0.3 is 0 Å². The molecule has 7 nitrogen and oxygen atoms in total. The number of nitrogens with zero attached hydrogens (tertiary/aromatic N) is 3. The van der Waals surface area contributed by atoms with Crippen molar-refractivity contribution in [2.45, 2.75) is 31.8 Å². The number of sulfonamides is 1. The molecule has 1 aromatic rings. The molecule has 1 atom stereocenters. The molecule has 0 aromatic carbocycles. The Bertz CT molecular complexity index is 541. The average Bonchev–Trinajstić information content (AvgIpc) is 2.87. The molecule has 1 N–H and O–H groups in total. The molecular formula is C12H20N4O3S. The van der Waals surface area contributed by atoms with Gasteiger partial charge in [-0.15, -0.1) is 0 Å². The Morgan fingerprint density at radius 2 is 2.30 bits per heavy atom. The van der Waals surface area contributed by atoms with Gasteiger partial charge in [0.1, 0.15) is 0 Å². The van der Waals surface area contributed by atoms with Crippen LogP contribution in [0.1, 0.15) is 19.3 Å². The zero-order valence-corrected chi connectivity index (χ0v) is 12.3. The third-order valence-corrected chi connectivity index (χ3v) is 4.03. The van der Waals surface area contributed by atoms with E-state index in [2.05, 4.69) is 9.82 Å². The van der Waals surface area contributed by atoms with E-state index in [-0.39, 0.29) is 11.9 Å². The summed E-state index contributed by atoms with van der Waals surface area (Å²) in [6, 6.07) is 1.64. The maximum absolute atomic E-state index is 12.1. The summed E-state index contributed by atoms with van der Waals surface area (Å²) in [5.41, 5.74) is 0. The van der Waals surface area contributed by atoms with Crippen LogP contribution in [0.2, 0.25) is 0 Å². The molecule has 1 amide bonds. The minimum Gasteiger partial charge on any atom is -0.341 e. The fourth-order valence-electron chi connectivity index (χ4n) is 2.40. The van der Waals surface area contributed by atoms with Gasteiger partial charge in [0, 0.05) is 44.5 Å². The van der Waals surface area contributed by atoms with Crippen molar-refractivity contribution in [2.24, 2.45) is 0 Å². The van der Waals surface area contributed by atoms with E-state index in [9.17, 15) is 13.2 Å². The van der Waals surface area contributed by atoms with E-state index in [0.717, 1.165) is 19.1 Å². The lowest BCUT2D eigenvalue weighted by atomic mass is 10.1. The van der Waals surface area contributed by atoms with Gasteiger partial charge in [-0.05, 0) is 18.9 Å². The lowest BCUT2D eigenvalue weighted by Gasteiger charge is -2.32. The van der Waals surface area contributed by atoms with Crippen molar-refractivity contribution < 1.29 is 13.2 Å². The van der Waals surface area contributed by atoms with Crippen molar-refractivity contribution in [1.82, 2.24) is 19.4 Å². The Hall–Kier alpha value is -1.41. The highest BCUT2D eigenvalue weighted by atomic mass is 32.2. The van der Waals surface area contributed by atoms with E-state index in [4.69, 9.17) is 0 Å². The zero-order valence-electron chi connectivity index (χ0n) is 11.5. The van der Waals surface area contributed by atoms with Crippen molar-refractivity contribution in [1.29, 1.82) is 0 Å². The molecule has 0 bridgehead atoms. The molecular weight excluding hydrogens is 280 g/mol. The highest BCUT2D eigenvalue weighted by molar-refractivity contribution is 7.88. The number of aryl methyl sites for hydroxylation is 1. The number of aromatic nitrogens is 2. The summed E-state index contributed by atoms with van der Waals surface area (Å²) in [6.07, 6.45) is 6.62. The summed E-state index contributed by atoms with van der Waals surface area (Å²) in [7, 11) is -3.22. The number of piperidine rings is 1. The molecule has 1 aromatic heterocycles. The Kier molecular flexibility index (Phi) is 4.77.